The van der Waals surface area contributed by atoms with E-state index in [0.717, 1.165) is 22.0 Å². The fourth-order valence-electron chi connectivity index (χ4n) is 3.52. The van der Waals surface area contributed by atoms with Crippen molar-refractivity contribution in [1.29, 1.82) is 0 Å². The summed E-state index contributed by atoms with van der Waals surface area (Å²) >= 11 is 7.49. The minimum absolute atomic E-state index is 0.147. The Kier molecular flexibility index (Phi) is 6.53. The van der Waals surface area contributed by atoms with E-state index in [1.165, 1.54) is 17.8 Å². The predicted molar refractivity (Wildman–Crippen MR) is 146 cm³/mol. The number of aromatic nitrogens is 1. The molecule has 3 aromatic carbocycles. The SMILES string of the molecule is Cc1ccc(S(=O)(=O)Nc2ccc(Cl)c(N=C3NC(=O)C(=Cc4ccc5ncccc5c4)S3)c2)cc1. The summed E-state index contributed by atoms with van der Waals surface area (Å²) in [6.45, 7) is 1.88. The Labute approximate surface area is 217 Å². The Morgan fingerprint density at radius 3 is 2.67 bits per heavy atom. The maximum absolute atomic E-state index is 12.7. The van der Waals surface area contributed by atoms with E-state index in [2.05, 4.69) is 20.0 Å². The summed E-state index contributed by atoms with van der Waals surface area (Å²) in [5.74, 6) is -0.280. The summed E-state index contributed by atoms with van der Waals surface area (Å²) in [7, 11) is -3.78. The Morgan fingerprint density at radius 2 is 1.86 bits per heavy atom. The van der Waals surface area contributed by atoms with Gasteiger partial charge in [0.2, 0.25) is 0 Å². The van der Waals surface area contributed by atoms with E-state index in [0.29, 0.717) is 26.5 Å². The predicted octanol–water partition coefficient (Wildman–Crippen LogP) is 5.89. The number of nitrogens with zero attached hydrogens (tertiary/aromatic N) is 2. The number of benzene rings is 3. The van der Waals surface area contributed by atoms with E-state index < -0.39 is 10.0 Å². The van der Waals surface area contributed by atoms with Crippen molar-refractivity contribution in [2.75, 3.05) is 4.72 Å². The zero-order valence-electron chi connectivity index (χ0n) is 18.9. The van der Waals surface area contributed by atoms with Gasteiger partial charge in [0.15, 0.2) is 5.17 Å². The second-order valence-electron chi connectivity index (χ2n) is 8.02. The number of pyridine rings is 1. The maximum atomic E-state index is 12.7. The maximum Gasteiger partial charge on any atom is 0.264 e. The van der Waals surface area contributed by atoms with E-state index in [1.807, 2.05) is 37.3 Å². The lowest BCUT2D eigenvalue weighted by Gasteiger charge is -2.10. The first kappa shape index (κ1) is 24.1. The van der Waals surface area contributed by atoms with Gasteiger partial charge in [-0.1, -0.05) is 41.4 Å². The third kappa shape index (κ3) is 5.28. The van der Waals surface area contributed by atoms with E-state index in [4.69, 9.17) is 11.6 Å². The number of amidine groups is 1. The monoisotopic (exact) mass is 534 g/mol. The van der Waals surface area contributed by atoms with Gasteiger partial charge in [0.05, 0.1) is 31.7 Å². The van der Waals surface area contributed by atoms with E-state index >= 15 is 0 Å². The highest BCUT2D eigenvalue weighted by atomic mass is 35.5. The fourth-order valence-corrected chi connectivity index (χ4v) is 5.56. The standard InChI is InChI=1S/C26H19ClN4O3S2/c1-16-4-8-20(9-5-16)36(33,34)31-19-7-10-21(27)23(15-19)29-26-30-25(32)24(35-26)14-17-6-11-22-18(13-17)3-2-12-28-22/h2-15,31H,1H3,(H,29,30,32). The van der Waals surface area contributed by atoms with Crippen LogP contribution in [0.4, 0.5) is 11.4 Å². The Morgan fingerprint density at radius 1 is 1.06 bits per heavy atom. The number of nitrogens with one attached hydrogen (secondary N) is 2. The molecule has 0 bridgehead atoms. The van der Waals surface area contributed by atoms with E-state index in [9.17, 15) is 13.2 Å². The van der Waals surface area contributed by atoms with Crippen molar-refractivity contribution in [3.63, 3.8) is 0 Å². The van der Waals surface area contributed by atoms with Crippen LogP contribution < -0.4 is 10.0 Å². The topological polar surface area (TPSA) is 101 Å². The molecule has 36 heavy (non-hydrogen) atoms. The molecule has 10 heteroatoms. The summed E-state index contributed by atoms with van der Waals surface area (Å²) in [6, 6.07) is 20.7. The van der Waals surface area contributed by atoms with Gasteiger partial charge in [-0.15, -0.1) is 0 Å². The number of thioether (sulfide) groups is 1. The smallest absolute Gasteiger partial charge is 0.264 e. The van der Waals surface area contributed by atoms with Crippen molar-refractivity contribution in [3.8, 4) is 0 Å². The van der Waals surface area contributed by atoms with Crippen LogP contribution in [-0.4, -0.2) is 24.5 Å². The molecule has 180 valence electrons. The van der Waals surface area contributed by atoms with Crippen molar-refractivity contribution in [3.05, 3.63) is 100 Å². The highest BCUT2D eigenvalue weighted by molar-refractivity contribution is 8.18. The van der Waals surface area contributed by atoms with Crippen LogP contribution in [0.2, 0.25) is 5.02 Å². The molecule has 0 saturated carbocycles. The molecule has 0 unspecified atom stereocenters. The third-order valence-electron chi connectivity index (χ3n) is 5.33. The van der Waals surface area contributed by atoms with Crippen LogP contribution >= 0.6 is 23.4 Å². The second-order valence-corrected chi connectivity index (χ2v) is 11.1. The van der Waals surface area contributed by atoms with Gasteiger partial charge in [-0.3, -0.25) is 14.5 Å². The van der Waals surface area contributed by atoms with Gasteiger partial charge in [-0.05, 0) is 78.9 Å². The molecule has 1 amide bonds. The number of hydrogen-bond donors (Lipinski definition) is 2. The Bertz CT molecular complexity index is 1670. The number of halogens is 1. The zero-order valence-corrected chi connectivity index (χ0v) is 21.3. The molecular formula is C26H19ClN4O3S2. The molecule has 1 aromatic heterocycles. The summed E-state index contributed by atoms with van der Waals surface area (Å²) in [6.07, 6.45) is 3.51. The number of anilines is 1. The van der Waals surface area contributed by atoms with Crippen molar-refractivity contribution in [1.82, 2.24) is 10.3 Å². The van der Waals surface area contributed by atoms with Crippen molar-refractivity contribution in [2.45, 2.75) is 11.8 Å². The number of carbonyl (C=O) groups is 1. The average molecular weight is 535 g/mol. The van der Waals surface area contributed by atoms with Crippen LogP contribution in [0.3, 0.4) is 0 Å². The van der Waals surface area contributed by atoms with E-state index in [-0.39, 0.29) is 10.8 Å². The van der Waals surface area contributed by atoms with Gasteiger partial charge in [-0.2, -0.15) is 0 Å². The first-order valence-corrected chi connectivity index (χ1v) is 13.5. The number of sulfonamides is 1. The molecule has 1 saturated heterocycles. The van der Waals surface area contributed by atoms with Crippen molar-refractivity contribution < 1.29 is 13.2 Å². The van der Waals surface area contributed by atoms with Crippen molar-refractivity contribution >= 4 is 72.8 Å². The molecule has 1 fully saturated rings. The molecule has 0 radical (unpaired) electrons. The highest BCUT2D eigenvalue weighted by Gasteiger charge is 2.24. The van der Waals surface area contributed by atoms with Gasteiger partial charge in [0.25, 0.3) is 15.9 Å². The molecule has 2 N–H and O–H groups in total. The number of rotatable bonds is 5. The Hall–Kier alpha value is -3.66. The van der Waals surface area contributed by atoms with Gasteiger partial charge in [0.1, 0.15) is 0 Å². The number of hydrogen-bond acceptors (Lipinski definition) is 6. The van der Waals surface area contributed by atoms with Gasteiger partial charge >= 0.3 is 0 Å². The summed E-state index contributed by atoms with van der Waals surface area (Å²) in [5, 5.41) is 4.36. The number of carbonyl (C=O) groups excluding carboxylic acids is 1. The van der Waals surface area contributed by atoms with Crippen LogP contribution in [0.1, 0.15) is 11.1 Å². The van der Waals surface area contributed by atoms with Gasteiger partial charge < -0.3 is 5.32 Å². The first-order valence-electron chi connectivity index (χ1n) is 10.8. The van der Waals surface area contributed by atoms with Crippen LogP contribution in [-0.2, 0) is 14.8 Å². The highest BCUT2D eigenvalue weighted by Crippen LogP contribution is 2.33. The molecule has 2 heterocycles. The number of aliphatic imine (C=N–C) groups is 1. The van der Waals surface area contributed by atoms with E-state index in [1.54, 1.807) is 48.7 Å². The molecule has 1 aliphatic rings. The van der Waals surface area contributed by atoms with Crippen LogP contribution in [0, 0.1) is 6.92 Å². The average Bonchev–Trinajstić information content (AvgIpc) is 3.19. The summed E-state index contributed by atoms with van der Waals surface area (Å²) in [5.41, 5.74) is 3.31. The quantitative estimate of drug-likeness (QED) is 0.311. The van der Waals surface area contributed by atoms with Crippen molar-refractivity contribution in [2.24, 2.45) is 4.99 Å². The number of aryl methyl sites for hydroxylation is 1. The zero-order chi connectivity index (χ0) is 25.3. The molecule has 0 spiro atoms. The lowest BCUT2D eigenvalue weighted by atomic mass is 10.1. The van der Waals surface area contributed by atoms with Crippen LogP contribution in [0.25, 0.3) is 17.0 Å². The molecule has 1 aliphatic heterocycles. The molecular weight excluding hydrogens is 516 g/mol. The normalized spacial score (nSPS) is 16.0. The third-order valence-corrected chi connectivity index (χ3v) is 7.95. The molecule has 0 atom stereocenters. The van der Waals surface area contributed by atoms with Gasteiger partial charge in [0, 0.05) is 11.6 Å². The minimum atomic E-state index is -3.78. The van der Waals surface area contributed by atoms with Gasteiger partial charge in [-0.25, -0.2) is 13.4 Å². The minimum Gasteiger partial charge on any atom is -0.300 e. The fraction of sp³-hybridized carbons (Fsp3) is 0.0385. The molecule has 7 nitrogen and oxygen atoms in total. The second kappa shape index (κ2) is 9.77. The number of fused-ring (bicyclic) bond motifs is 1. The summed E-state index contributed by atoms with van der Waals surface area (Å²) in [4.78, 5) is 21.9. The van der Waals surface area contributed by atoms with Crippen LogP contribution in [0.5, 0.6) is 0 Å². The summed E-state index contributed by atoms with van der Waals surface area (Å²) < 4.78 is 28.0. The first-order chi connectivity index (χ1) is 17.3. The number of amides is 1. The largest absolute Gasteiger partial charge is 0.300 e. The lowest BCUT2D eigenvalue weighted by molar-refractivity contribution is -0.115. The molecule has 4 aromatic rings. The molecule has 5 rings (SSSR count). The van der Waals surface area contributed by atoms with Crippen LogP contribution in [0.15, 0.2) is 93.8 Å². The Balaban J connectivity index is 1.38. The molecule has 0 aliphatic carbocycles. The lowest BCUT2D eigenvalue weighted by Crippen LogP contribution is -2.19.